The third-order valence-electron chi connectivity index (χ3n) is 5.67. The molecule has 156 valence electrons. The lowest BCUT2D eigenvalue weighted by Crippen LogP contribution is -2.39. The first-order valence-electron chi connectivity index (χ1n) is 10.2. The number of carbonyl (C=O) groups is 2. The molecule has 1 amide bonds. The molecule has 1 aliphatic carbocycles. The van der Waals surface area contributed by atoms with Crippen LogP contribution in [-0.4, -0.2) is 37.6 Å². The van der Waals surface area contributed by atoms with Gasteiger partial charge in [-0.1, -0.05) is 24.3 Å². The molecule has 0 aliphatic heterocycles. The summed E-state index contributed by atoms with van der Waals surface area (Å²) in [4.78, 5) is 33.6. The number of ether oxygens (including phenoxy) is 1. The van der Waals surface area contributed by atoms with Crippen molar-refractivity contribution in [1.29, 1.82) is 0 Å². The fraction of sp³-hybridized carbons (Fsp3) is 0.409. The number of carbonyl (C=O) groups excluding carboxylic acids is 2. The highest BCUT2D eigenvalue weighted by atomic mass is 16.5. The number of amides is 1. The second-order valence-corrected chi connectivity index (χ2v) is 7.69. The van der Waals surface area contributed by atoms with Crippen molar-refractivity contribution in [1.82, 2.24) is 24.9 Å². The van der Waals surface area contributed by atoms with E-state index in [1.54, 1.807) is 11.4 Å². The summed E-state index contributed by atoms with van der Waals surface area (Å²) in [7, 11) is 0. The van der Waals surface area contributed by atoms with Crippen LogP contribution in [0.4, 0.5) is 0 Å². The van der Waals surface area contributed by atoms with Crippen LogP contribution in [0.5, 0.6) is 0 Å². The summed E-state index contributed by atoms with van der Waals surface area (Å²) < 4.78 is 7.01. The smallest absolute Gasteiger partial charge is 0.311 e. The zero-order chi connectivity index (χ0) is 21.3. The van der Waals surface area contributed by atoms with Crippen LogP contribution in [0.15, 0.2) is 30.6 Å². The summed E-state index contributed by atoms with van der Waals surface area (Å²) in [6.07, 6.45) is 3.49. The van der Waals surface area contributed by atoms with Crippen LogP contribution >= 0.6 is 0 Å². The van der Waals surface area contributed by atoms with Crippen LogP contribution < -0.4 is 5.32 Å². The van der Waals surface area contributed by atoms with Crippen molar-refractivity contribution < 1.29 is 14.3 Å². The Labute approximate surface area is 174 Å². The molecule has 3 aromatic rings. The molecule has 0 bridgehead atoms. The van der Waals surface area contributed by atoms with Gasteiger partial charge in [0, 0.05) is 17.0 Å². The lowest BCUT2D eigenvalue weighted by molar-refractivity contribution is -0.154. The highest BCUT2D eigenvalue weighted by Gasteiger charge is 2.26. The Morgan fingerprint density at radius 1 is 1.30 bits per heavy atom. The van der Waals surface area contributed by atoms with E-state index in [0.717, 1.165) is 36.1 Å². The van der Waals surface area contributed by atoms with Crippen LogP contribution in [0.2, 0.25) is 0 Å². The van der Waals surface area contributed by atoms with Crippen molar-refractivity contribution >= 4 is 17.7 Å². The van der Waals surface area contributed by atoms with Gasteiger partial charge in [-0.2, -0.15) is 10.1 Å². The lowest BCUT2D eigenvalue weighted by atomic mass is 9.87. The van der Waals surface area contributed by atoms with E-state index in [-0.39, 0.29) is 18.4 Å². The van der Waals surface area contributed by atoms with Gasteiger partial charge < -0.3 is 10.1 Å². The Bertz CT molecular complexity index is 1110. The summed E-state index contributed by atoms with van der Waals surface area (Å²) in [5.74, 6) is -0.278. The summed E-state index contributed by atoms with van der Waals surface area (Å²) in [6.45, 7) is 5.27. The maximum absolute atomic E-state index is 12.7. The van der Waals surface area contributed by atoms with Gasteiger partial charge in [-0.15, -0.1) is 0 Å². The van der Waals surface area contributed by atoms with E-state index in [2.05, 4.69) is 32.5 Å². The highest BCUT2D eigenvalue weighted by Crippen LogP contribution is 2.29. The predicted molar refractivity (Wildman–Crippen MR) is 110 cm³/mol. The van der Waals surface area contributed by atoms with E-state index in [1.807, 2.05) is 26.0 Å². The number of nitrogens with zero attached hydrogens (tertiary/aromatic N) is 4. The minimum absolute atomic E-state index is 0.0182. The normalized spacial score (nSPS) is 16.7. The largest absolute Gasteiger partial charge is 0.452 e. The van der Waals surface area contributed by atoms with E-state index in [9.17, 15) is 9.59 Å². The molecule has 2 heterocycles. The second-order valence-electron chi connectivity index (χ2n) is 7.69. The minimum Gasteiger partial charge on any atom is -0.452 e. The standard InChI is InChI=1S/C22H25N5O3/c1-13-18(14(2)27-22(25-13)23-12-24-27)11-20(28)30-15(3)21(29)26-19-10-6-8-16-7-4-5-9-17(16)19/h4-5,7,9,12,15,19H,6,8,10-11H2,1-3H3,(H,26,29)/t15-,19+/m0/s1. The third kappa shape index (κ3) is 3.90. The van der Waals surface area contributed by atoms with Crippen molar-refractivity contribution in [3.05, 3.63) is 58.7 Å². The molecule has 8 heteroatoms. The summed E-state index contributed by atoms with van der Waals surface area (Å²) in [5.41, 5.74) is 4.62. The predicted octanol–water partition coefficient (Wildman–Crippen LogP) is 2.41. The quantitative estimate of drug-likeness (QED) is 0.652. The molecular formula is C22H25N5O3. The Hall–Kier alpha value is -3.29. The fourth-order valence-electron chi connectivity index (χ4n) is 4.04. The number of hydrogen-bond acceptors (Lipinski definition) is 6. The van der Waals surface area contributed by atoms with E-state index in [0.29, 0.717) is 11.5 Å². The first-order chi connectivity index (χ1) is 14.4. The number of rotatable bonds is 5. The molecule has 0 saturated carbocycles. The van der Waals surface area contributed by atoms with Gasteiger partial charge in [0.25, 0.3) is 11.7 Å². The summed E-state index contributed by atoms with van der Waals surface area (Å²) in [5, 5.41) is 7.16. The molecule has 0 unspecified atom stereocenters. The van der Waals surface area contributed by atoms with Gasteiger partial charge in [-0.3, -0.25) is 9.59 Å². The summed E-state index contributed by atoms with van der Waals surface area (Å²) in [6, 6.07) is 8.10. The molecule has 4 rings (SSSR count). The molecule has 0 saturated heterocycles. The Kier molecular flexibility index (Phi) is 5.48. The van der Waals surface area contributed by atoms with Crippen molar-refractivity contribution in [3.8, 4) is 0 Å². The van der Waals surface area contributed by atoms with Gasteiger partial charge in [-0.25, -0.2) is 9.50 Å². The number of benzene rings is 1. The molecule has 1 N–H and O–H groups in total. The molecular weight excluding hydrogens is 382 g/mol. The average Bonchev–Trinajstić information content (AvgIpc) is 3.20. The zero-order valence-electron chi connectivity index (χ0n) is 17.4. The van der Waals surface area contributed by atoms with E-state index in [1.165, 1.54) is 11.9 Å². The van der Waals surface area contributed by atoms with Crippen molar-refractivity contribution in [2.75, 3.05) is 0 Å². The topological polar surface area (TPSA) is 98.5 Å². The molecule has 8 nitrogen and oxygen atoms in total. The molecule has 0 radical (unpaired) electrons. The second kappa shape index (κ2) is 8.22. The monoisotopic (exact) mass is 407 g/mol. The van der Waals surface area contributed by atoms with Gasteiger partial charge in [0.1, 0.15) is 6.33 Å². The number of nitrogens with one attached hydrogen (secondary N) is 1. The van der Waals surface area contributed by atoms with Crippen LogP contribution in [-0.2, 0) is 27.2 Å². The highest BCUT2D eigenvalue weighted by molar-refractivity contribution is 5.84. The number of fused-ring (bicyclic) bond motifs is 2. The number of aryl methyl sites for hydroxylation is 3. The molecule has 30 heavy (non-hydrogen) atoms. The van der Waals surface area contributed by atoms with E-state index in [4.69, 9.17) is 4.74 Å². The van der Waals surface area contributed by atoms with Crippen LogP contribution in [0.1, 0.15) is 53.9 Å². The number of esters is 1. The van der Waals surface area contributed by atoms with Crippen LogP contribution in [0.25, 0.3) is 5.78 Å². The van der Waals surface area contributed by atoms with Crippen LogP contribution in [0.3, 0.4) is 0 Å². The molecule has 0 fully saturated rings. The van der Waals surface area contributed by atoms with Gasteiger partial charge >= 0.3 is 5.97 Å². The Morgan fingerprint density at radius 3 is 2.93 bits per heavy atom. The van der Waals surface area contributed by atoms with Crippen molar-refractivity contribution in [2.24, 2.45) is 0 Å². The zero-order valence-corrected chi connectivity index (χ0v) is 17.4. The Balaban J connectivity index is 1.40. The van der Waals surface area contributed by atoms with E-state index >= 15 is 0 Å². The molecule has 2 atom stereocenters. The van der Waals surface area contributed by atoms with Gasteiger partial charge in [0.2, 0.25) is 0 Å². The first kappa shape index (κ1) is 20.0. The van der Waals surface area contributed by atoms with Crippen molar-refractivity contribution in [2.45, 2.75) is 58.6 Å². The van der Waals surface area contributed by atoms with Gasteiger partial charge in [0.15, 0.2) is 6.10 Å². The van der Waals surface area contributed by atoms with E-state index < -0.39 is 12.1 Å². The third-order valence-corrected chi connectivity index (χ3v) is 5.67. The number of aromatic nitrogens is 4. The molecule has 1 aliphatic rings. The minimum atomic E-state index is -0.879. The van der Waals surface area contributed by atoms with Gasteiger partial charge in [0.05, 0.1) is 12.5 Å². The lowest BCUT2D eigenvalue weighted by Gasteiger charge is -2.27. The molecule has 0 spiro atoms. The maximum atomic E-state index is 12.7. The van der Waals surface area contributed by atoms with Crippen LogP contribution in [0, 0.1) is 13.8 Å². The fourth-order valence-corrected chi connectivity index (χ4v) is 4.04. The average molecular weight is 407 g/mol. The van der Waals surface area contributed by atoms with Gasteiger partial charge in [-0.05, 0) is 51.2 Å². The molecule has 2 aromatic heterocycles. The summed E-state index contributed by atoms with van der Waals surface area (Å²) >= 11 is 0. The number of hydrogen-bond donors (Lipinski definition) is 1. The maximum Gasteiger partial charge on any atom is 0.311 e. The SMILES string of the molecule is Cc1nc2ncnn2c(C)c1CC(=O)O[C@@H](C)C(=O)N[C@@H]1CCCc2ccccc21. The van der Waals surface area contributed by atoms with Crippen molar-refractivity contribution in [3.63, 3.8) is 0 Å². The Morgan fingerprint density at radius 2 is 2.10 bits per heavy atom. The first-order valence-corrected chi connectivity index (χ1v) is 10.2. The molecule has 1 aromatic carbocycles.